The first-order chi connectivity index (χ1) is 19.4. The van der Waals surface area contributed by atoms with Gasteiger partial charge in [-0.15, -0.1) is 0 Å². The maximum Gasteiger partial charge on any atom is 0.246 e. The number of aromatic amines is 1. The lowest BCUT2D eigenvalue weighted by Gasteiger charge is -2.44. The van der Waals surface area contributed by atoms with Crippen molar-refractivity contribution in [2.75, 3.05) is 31.1 Å². The third kappa shape index (κ3) is 5.51. The van der Waals surface area contributed by atoms with Gasteiger partial charge >= 0.3 is 0 Å². The van der Waals surface area contributed by atoms with Crippen LogP contribution in [0.25, 0.3) is 21.8 Å². The summed E-state index contributed by atoms with van der Waals surface area (Å²) in [6.07, 6.45) is 5.88. The first-order valence-electron chi connectivity index (χ1n) is 13.3. The maximum atomic E-state index is 14.5. The summed E-state index contributed by atoms with van der Waals surface area (Å²) in [5.41, 5.74) is 0.872. The molecule has 1 aromatic carbocycles. The van der Waals surface area contributed by atoms with Crippen molar-refractivity contribution < 1.29 is 18.3 Å². The molecule has 4 heterocycles. The number of H-pyrrole nitrogens is 1. The van der Waals surface area contributed by atoms with Gasteiger partial charge in [0.25, 0.3) is 0 Å². The summed E-state index contributed by atoms with van der Waals surface area (Å²) < 4.78 is 27.3. The molecule has 0 radical (unpaired) electrons. The number of piperazine rings is 1. The van der Waals surface area contributed by atoms with Crippen molar-refractivity contribution in [2.24, 2.45) is 0 Å². The number of carbonyl (C=O) groups is 1. The summed E-state index contributed by atoms with van der Waals surface area (Å²) in [4.78, 5) is 30.0. The van der Waals surface area contributed by atoms with E-state index < -0.39 is 14.1 Å². The number of nitrogens with one attached hydrogen (secondary N) is 1. The number of carbonyl (C=O) groups excluding carboxylic acids is 1. The van der Waals surface area contributed by atoms with E-state index in [1.807, 2.05) is 6.07 Å². The first-order valence-corrected chi connectivity index (χ1v) is 16.6. The zero-order chi connectivity index (χ0) is 29.5. The lowest BCUT2D eigenvalue weighted by Crippen LogP contribution is -2.58. The minimum atomic E-state index is -2.07. The topological polar surface area (TPSA) is 109 Å². The average Bonchev–Trinajstić information content (AvgIpc) is 3.41. The Morgan fingerprint density at radius 2 is 2.05 bits per heavy atom. The van der Waals surface area contributed by atoms with Crippen molar-refractivity contribution in [3.05, 3.63) is 54.3 Å². The molecule has 0 bridgehead atoms. The van der Waals surface area contributed by atoms with E-state index in [9.17, 15) is 9.18 Å². The van der Waals surface area contributed by atoms with Crippen molar-refractivity contribution in [1.29, 1.82) is 0 Å². The standard InChI is InChI=1S/C28H33ClFN7O3Si/c1-7-22(38)36-10-11-37(17(14-36)15-39-41(5,6)28(2,3)4)26-18-8-9-31-27(24(18)32-16-33-26)40-25-19-13-34-35-21(19)12-20(30)23(25)29/h7-9,12-13,16-17H,1,10-11,14-15H2,2-6H3,(H,34,35)/t17-/m1/s1. The Balaban J connectivity index is 1.53. The monoisotopic (exact) mass is 597 g/mol. The minimum absolute atomic E-state index is 0.0290. The minimum Gasteiger partial charge on any atom is -0.434 e. The Morgan fingerprint density at radius 3 is 2.78 bits per heavy atom. The molecule has 3 aromatic heterocycles. The van der Waals surface area contributed by atoms with E-state index in [-0.39, 0.29) is 33.6 Å². The van der Waals surface area contributed by atoms with E-state index >= 15 is 0 Å². The van der Waals surface area contributed by atoms with Crippen LogP contribution in [0.15, 0.2) is 43.5 Å². The van der Waals surface area contributed by atoms with Gasteiger partial charge in [0.15, 0.2) is 14.1 Å². The quantitative estimate of drug-likeness (QED) is 0.213. The van der Waals surface area contributed by atoms with E-state index in [2.05, 4.69) is 70.5 Å². The summed E-state index contributed by atoms with van der Waals surface area (Å²) in [7, 11) is -2.07. The normalized spacial score (nSPS) is 16.4. The van der Waals surface area contributed by atoms with Gasteiger partial charge in [-0.3, -0.25) is 9.89 Å². The molecular weight excluding hydrogens is 565 g/mol. The molecule has 1 saturated heterocycles. The molecule has 5 rings (SSSR count). The number of ether oxygens (including phenoxy) is 1. The Morgan fingerprint density at radius 1 is 1.27 bits per heavy atom. The van der Waals surface area contributed by atoms with Crippen LogP contribution in [0, 0.1) is 5.82 Å². The lowest BCUT2D eigenvalue weighted by molar-refractivity contribution is -0.126. The molecule has 0 spiro atoms. The fraction of sp³-hybridized carbons (Fsp3) is 0.393. The molecule has 10 nitrogen and oxygen atoms in total. The third-order valence-corrected chi connectivity index (χ3v) is 12.8. The molecule has 1 fully saturated rings. The van der Waals surface area contributed by atoms with Crippen molar-refractivity contribution >= 4 is 53.4 Å². The second kappa shape index (κ2) is 11.0. The van der Waals surface area contributed by atoms with E-state index in [1.165, 1.54) is 24.7 Å². The number of hydrogen-bond donors (Lipinski definition) is 1. The number of fused-ring (bicyclic) bond motifs is 2. The van der Waals surface area contributed by atoms with Crippen LogP contribution in [0.5, 0.6) is 11.6 Å². The highest BCUT2D eigenvalue weighted by molar-refractivity contribution is 6.74. The fourth-order valence-electron chi connectivity index (χ4n) is 4.58. The number of benzene rings is 1. The van der Waals surface area contributed by atoms with Gasteiger partial charge in [0.2, 0.25) is 11.8 Å². The zero-order valence-electron chi connectivity index (χ0n) is 23.7. The Labute approximate surface area is 243 Å². The molecule has 1 aliphatic rings. The SMILES string of the molecule is C=CC(=O)N1CCN(c2ncnc3c(Oc4c(Cl)c(F)cc5[nH]ncc45)nccc23)[C@@H](CO[Si](C)(C)C(C)(C)C)C1. The molecule has 0 unspecified atom stereocenters. The second-order valence-corrected chi connectivity index (χ2v) is 16.7. The molecule has 41 heavy (non-hydrogen) atoms. The number of hydrogen-bond acceptors (Lipinski definition) is 8. The van der Waals surface area contributed by atoms with Gasteiger partial charge in [-0.1, -0.05) is 39.0 Å². The first kappa shape index (κ1) is 28.9. The molecule has 4 aromatic rings. The van der Waals surface area contributed by atoms with Crippen LogP contribution < -0.4 is 9.64 Å². The predicted octanol–water partition coefficient (Wildman–Crippen LogP) is 5.71. The van der Waals surface area contributed by atoms with E-state index in [4.69, 9.17) is 20.8 Å². The van der Waals surface area contributed by atoms with Crippen molar-refractivity contribution in [2.45, 2.75) is 44.9 Å². The molecular formula is C28H33ClFN7O3Si. The Hall–Kier alpha value is -3.61. The van der Waals surface area contributed by atoms with Crippen LogP contribution in [-0.2, 0) is 9.22 Å². The van der Waals surface area contributed by atoms with Gasteiger partial charge in [0, 0.05) is 37.3 Å². The van der Waals surface area contributed by atoms with Gasteiger partial charge in [0.1, 0.15) is 28.5 Å². The van der Waals surface area contributed by atoms with Gasteiger partial charge in [-0.2, -0.15) is 5.10 Å². The van der Waals surface area contributed by atoms with E-state index in [0.717, 1.165) is 0 Å². The van der Waals surface area contributed by atoms with Crippen molar-refractivity contribution in [3.63, 3.8) is 0 Å². The number of pyridine rings is 1. The van der Waals surface area contributed by atoms with E-state index in [1.54, 1.807) is 11.1 Å². The highest BCUT2D eigenvalue weighted by Crippen LogP contribution is 2.40. The van der Waals surface area contributed by atoms with Gasteiger partial charge in [-0.25, -0.2) is 19.3 Å². The maximum absolute atomic E-state index is 14.5. The fourth-order valence-corrected chi connectivity index (χ4v) is 5.82. The Kier molecular flexibility index (Phi) is 7.75. The molecule has 0 aliphatic carbocycles. The highest BCUT2D eigenvalue weighted by Gasteiger charge is 2.39. The molecule has 13 heteroatoms. The molecule has 0 saturated carbocycles. The Bertz CT molecular complexity index is 1620. The van der Waals surface area contributed by atoms with Gasteiger partial charge in [-0.05, 0) is 30.3 Å². The molecule has 1 aliphatic heterocycles. The van der Waals surface area contributed by atoms with Crippen LogP contribution in [0.2, 0.25) is 23.2 Å². The van der Waals surface area contributed by atoms with Gasteiger partial charge in [0.05, 0.1) is 29.7 Å². The van der Waals surface area contributed by atoms with Crippen LogP contribution >= 0.6 is 11.6 Å². The van der Waals surface area contributed by atoms with Crippen LogP contribution in [0.3, 0.4) is 0 Å². The van der Waals surface area contributed by atoms with Crippen LogP contribution in [-0.4, -0.2) is 76.6 Å². The number of rotatable bonds is 7. The van der Waals surface area contributed by atoms with E-state index in [0.29, 0.717) is 53.9 Å². The number of nitrogens with zero attached hydrogens (tertiary/aromatic N) is 6. The lowest BCUT2D eigenvalue weighted by atomic mass is 10.1. The smallest absolute Gasteiger partial charge is 0.246 e. The molecule has 1 atom stereocenters. The molecule has 216 valence electrons. The number of halogens is 2. The molecule has 1 amide bonds. The van der Waals surface area contributed by atoms with Crippen molar-refractivity contribution in [1.82, 2.24) is 30.0 Å². The summed E-state index contributed by atoms with van der Waals surface area (Å²) in [6.45, 7) is 16.6. The molecule has 1 N–H and O–H groups in total. The van der Waals surface area contributed by atoms with Crippen molar-refractivity contribution in [3.8, 4) is 11.6 Å². The summed E-state index contributed by atoms with van der Waals surface area (Å²) in [6, 6.07) is 2.91. The number of anilines is 1. The zero-order valence-corrected chi connectivity index (χ0v) is 25.5. The number of amides is 1. The second-order valence-electron chi connectivity index (χ2n) is 11.6. The van der Waals surface area contributed by atoms with Crippen LogP contribution in [0.1, 0.15) is 20.8 Å². The van der Waals surface area contributed by atoms with Gasteiger partial charge < -0.3 is 19.0 Å². The summed E-state index contributed by atoms with van der Waals surface area (Å²) in [5, 5.41) is 7.76. The highest BCUT2D eigenvalue weighted by atomic mass is 35.5. The summed E-state index contributed by atoms with van der Waals surface area (Å²) in [5.74, 6) is 0.136. The predicted molar refractivity (Wildman–Crippen MR) is 160 cm³/mol. The average molecular weight is 598 g/mol. The third-order valence-electron chi connectivity index (χ3n) is 7.97. The largest absolute Gasteiger partial charge is 0.434 e. The number of aromatic nitrogens is 5. The summed E-state index contributed by atoms with van der Waals surface area (Å²) >= 11 is 6.30. The van der Waals surface area contributed by atoms with Crippen LogP contribution in [0.4, 0.5) is 10.2 Å².